The summed E-state index contributed by atoms with van der Waals surface area (Å²) < 4.78 is 26.8. The van der Waals surface area contributed by atoms with Crippen LogP contribution in [0.4, 0.5) is 4.79 Å². The first-order valence-electron chi connectivity index (χ1n) is 10.1. The standard InChI is InChI=1S/C22H24N4O6S/c27-20(19-12-7-13-26(19)33(31,32)17-10-5-2-6-11-17)25-18(21(28)29)15-24-22(30)23-14-16-8-3-1-4-9-16/h1-12,18-19H,13-15H2,(H,25,27)(H,28,29)(H2,23,24,30). The number of carbonyl (C=O) groups excluding carboxylic acids is 2. The van der Waals surface area contributed by atoms with Gasteiger partial charge in [-0.25, -0.2) is 18.0 Å². The Morgan fingerprint density at radius 2 is 1.64 bits per heavy atom. The number of hydrogen-bond donors (Lipinski definition) is 4. The van der Waals surface area contributed by atoms with Crippen LogP contribution in [0.15, 0.2) is 77.7 Å². The quantitative estimate of drug-likeness (QED) is 0.395. The summed E-state index contributed by atoms with van der Waals surface area (Å²) in [4.78, 5) is 36.4. The number of carboxylic acid groups (broad SMARTS) is 1. The summed E-state index contributed by atoms with van der Waals surface area (Å²) in [5, 5.41) is 16.8. The molecule has 33 heavy (non-hydrogen) atoms. The van der Waals surface area contributed by atoms with Crippen LogP contribution in [-0.4, -0.2) is 60.9 Å². The van der Waals surface area contributed by atoms with Gasteiger partial charge in [-0.3, -0.25) is 4.79 Å². The van der Waals surface area contributed by atoms with Gasteiger partial charge in [0.25, 0.3) is 0 Å². The lowest BCUT2D eigenvalue weighted by molar-refractivity contribution is -0.141. The predicted octanol–water partition coefficient (Wildman–Crippen LogP) is 0.685. The van der Waals surface area contributed by atoms with Crippen molar-refractivity contribution in [2.45, 2.75) is 23.5 Å². The van der Waals surface area contributed by atoms with E-state index in [2.05, 4.69) is 16.0 Å². The fourth-order valence-corrected chi connectivity index (χ4v) is 4.71. The fraction of sp³-hybridized carbons (Fsp3) is 0.227. The van der Waals surface area contributed by atoms with Crippen molar-refractivity contribution in [3.8, 4) is 0 Å². The van der Waals surface area contributed by atoms with Crippen LogP contribution in [0.25, 0.3) is 0 Å². The van der Waals surface area contributed by atoms with E-state index in [-0.39, 0.29) is 24.5 Å². The van der Waals surface area contributed by atoms with Crippen LogP contribution in [0, 0.1) is 0 Å². The normalized spacial score (nSPS) is 16.7. The van der Waals surface area contributed by atoms with Crippen LogP contribution in [-0.2, 0) is 26.2 Å². The van der Waals surface area contributed by atoms with E-state index in [0.717, 1.165) is 9.87 Å². The van der Waals surface area contributed by atoms with Crippen molar-refractivity contribution in [3.05, 3.63) is 78.4 Å². The molecule has 0 aromatic heterocycles. The Labute approximate surface area is 191 Å². The SMILES string of the molecule is O=C(NCc1ccccc1)NCC(NC(=O)C1C=CCN1S(=O)(=O)c1ccccc1)C(=O)O. The Morgan fingerprint density at radius 3 is 2.27 bits per heavy atom. The molecule has 1 heterocycles. The summed E-state index contributed by atoms with van der Waals surface area (Å²) in [6.45, 7) is -0.160. The fourth-order valence-electron chi connectivity index (χ4n) is 3.19. The summed E-state index contributed by atoms with van der Waals surface area (Å²) in [5.74, 6) is -2.17. The highest BCUT2D eigenvalue weighted by atomic mass is 32.2. The predicted molar refractivity (Wildman–Crippen MR) is 120 cm³/mol. The number of carbonyl (C=O) groups is 3. The molecular weight excluding hydrogens is 448 g/mol. The van der Waals surface area contributed by atoms with Gasteiger partial charge in [-0.15, -0.1) is 0 Å². The average molecular weight is 473 g/mol. The van der Waals surface area contributed by atoms with E-state index in [1.54, 1.807) is 18.2 Å². The third-order valence-electron chi connectivity index (χ3n) is 4.91. The van der Waals surface area contributed by atoms with E-state index >= 15 is 0 Å². The molecule has 0 aliphatic carbocycles. The molecule has 0 radical (unpaired) electrons. The minimum atomic E-state index is -3.97. The molecule has 4 N–H and O–H groups in total. The third kappa shape index (κ3) is 6.18. The summed E-state index contributed by atoms with van der Waals surface area (Å²) in [5.41, 5.74) is 0.864. The number of aliphatic carboxylic acids is 1. The number of hydrogen-bond acceptors (Lipinski definition) is 5. The molecule has 2 aromatic carbocycles. The van der Waals surface area contributed by atoms with Crippen molar-refractivity contribution in [1.82, 2.24) is 20.3 Å². The van der Waals surface area contributed by atoms with E-state index in [1.165, 1.54) is 24.3 Å². The van der Waals surface area contributed by atoms with Crippen molar-refractivity contribution < 1.29 is 27.9 Å². The molecule has 3 amide bonds. The van der Waals surface area contributed by atoms with Gasteiger partial charge in [-0.2, -0.15) is 4.31 Å². The second-order valence-electron chi connectivity index (χ2n) is 7.21. The topological polar surface area (TPSA) is 145 Å². The van der Waals surface area contributed by atoms with Crippen LogP contribution in [0.5, 0.6) is 0 Å². The number of carboxylic acids is 1. The van der Waals surface area contributed by atoms with Crippen LogP contribution >= 0.6 is 0 Å². The number of nitrogens with one attached hydrogen (secondary N) is 3. The molecule has 0 spiro atoms. The van der Waals surface area contributed by atoms with Gasteiger partial charge in [-0.05, 0) is 17.7 Å². The number of rotatable bonds is 9. The second-order valence-corrected chi connectivity index (χ2v) is 9.10. The molecule has 2 aromatic rings. The first kappa shape index (κ1) is 24.0. The van der Waals surface area contributed by atoms with E-state index in [4.69, 9.17) is 0 Å². The zero-order valence-electron chi connectivity index (χ0n) is 17.5. The molecule has 0 bridgehead atoms. The first-order valence-corrected chi connectivity index (χ1v) is 11.6. The Bertz CT molecular complexity index is 1120. The molecule has 1 aliphatic rings. The summed E-state index contributed by atoms with van der Waals surface area (Å²) in [7, 11) is -3.97. The minimum absolute atomic E-state index is 0.0206. The molecular formula is C22H24N4O6S. The lowest BCUT2D eigenvalue weighted by atomic mass is 10.2. The lowest BCUT2D eigenvalue weighted by Gasteiger charge is -2.25. The van der Waals surface area contributed by atoms with Crippen molar-refractivity contribution in [3.63, 3.8) is 0 Å². The Kier molecular flexibility index (Phi) is 7.80. The molecule has 0 saturated carbocycles. The van der Waals surface area contributed by atoms with Gasteiger partial charge in [0.05, 0.1) is 11.4 Å². The molecule has 0 saturated heterocycles. The average Bonchev–Trinajstić information content (AvgIpc) is 3.32. The molecule has 174 valence electrons. The van der Waals surface area contributed by atoms with Crippen molar-refractivity contribution >= 4 is 27.9 Å². The zero-order chi connectivity index (χ0) is 23.8. The number of sulfonamides is 1. The molecule has 1 aliphatic heterocycles. The largest absolute Gasteiger partial charge is 0.480 e. The maximum absolute atomic E-state index is 12.9. The van der Waals surface area contributed by atoms with Crippen LogP contribution in [0.2, 0.25) is 0 Å². The molecule has 0 fully saturated rings. The lowest BCUT2D eigenvalue weighted by Crippen LogP contribution is -2.54. The van der Waals surface area contributed by atoms with Gasteiger partial charge < -0.3 is 21.1 Å². The molecule has 3 rings (SSSR count). The number of nitrogens with zero attached hydrogens (tertiary/aromatic N) is 1. The molecule has 2 atom stereocenters. The molecule has 2 unspecified atom stereocenters. The summed E-state index contributed by atoms with van der Waals surface area (Å²) in [6, 6.07) is 13.5. The van der Waals surface area contributed by atoms with Gasteiger partial charge in [0.15, 0.2) is 0 Å². The van der Waals surface area contributed by atoms with Gasteiger partial charge in [-0.1, -0.05) is 60.7 Å². The van der Waals surface area contributed by atoms with Crippen LogP contribution < -0.4 is 16.0 Å². The third-order valence-corrected chi connectivity index (χ3v) is 6.77. The first-order chi connectivity index (χ1) is 15.8. The van der Waals surface area contributed by atoms with E-state index < -0.39 is 40.0 Å². The second kappa shape index (κ2) is 10.7. The molecule has 10 nitrogen and oxygen atoms in total. The zero-order valence-corrected chi connectivity index (χ0v) is 18.4. The number of benzene rings is 2. The van der Waals surface area contributed by atoms with Crippen LogP contribution in [0.3, 0.4) is 0 Å². The van der Waals surface area contributed by atoms with Gasteiger partial charge in [0, 0.05) is 13.1 Å². The monoisotopic (exact) mass is 472 g/mol. The van der Waals surface area contributed by atoms with Gasteiger partial charge in [0.1, 0.15) is 12.1 Å². The Morgan fingerprint density at radius 1 is 1.00 bits per heavy atom. The maximum Gasteiger partial charge on any atom is 0.328 e. The molecule has 11 heteroatoms. The highest BCUT2D eigenvalue weighted by molar-refractivity contribution is 7.89. The van der Waals surface area contributed by atoms with E-state index in [0.29, 0.717) is 0 Å². The van der Waals surface area contributed by atoms with E-state index in [1.807, 2.05) is 30.3 Å². The van der Waals surface area contributed by atoms with Crippen molar-refractivity contribution in [2.75, 3.05) is 13.1 Å². The van der Waals surface area contributed by atoms with Gasteiger partial charge in [0.2, 0.25) is 15.9 Å². The van der Waals surface area contributed by atoms with E-state index in [9.17, 15) is 27.9 Å². The summed E-state index contributed by atoms with van der Waals surface area (Å²) in [6.07, 6.45) is 2.92. The maximum atomic E-state index is 12.9. The number of amides is 3. The highest BCUT2D eigenvalue weighted by Gasteiger charge is 2.37. The minimum Gasteiger partial charge on any atom is -0.480 e. The van der Waals surface area contributed by atoms with Crippen molar-refractivity contribution in [2.24, 2.45) is 0 Å². The van der Waals surface area contributed by atoms with Crippen LogP contribution in [0.1, 0.15) is 5.56 Å². The Hall–Kier alpha value is -3.70. The van der Waals surface area contributed by atoms with Crippen molar-refractivity contribution in [1.29, 1.82) is 0 Å². The Balaban J connectivity index is 1.58. The smallest absolute Gasteiger partial charge is 0.328 e. The highest BCUT2D eigenvalue weighted by Crippen LogP contribution is 2.22. The number of urea groups is 1. The summed E-state index contributed by atoms with van der Waals surface area (Å²) >= 11 is 0. The van der Waals surface area contributed by atoms with Gasteiger partial charge >= 0.3 is 12.0 Å².